The lowest BCUT2D eigenvalue weighted by molar-refractivity contribution is 0.0697. The van der Waals surface area contributed by atoms with Crippen LogP contribution < -0.4 is 10.6 Å². The van der Waals surface area contributed by atoms with Gasteiger partial charge < -0.3 is 15.7 Å². The largest absolute Gasteiger partial charge is 0.478 e. The van der Waals surface area contributed by atoms with E-state index in [0.29, 0.717) is 5.69 Å². The summed E-state index contributed by atoms with van der Waals surface area (Å²) >= 11 is 5.98. The third-order valence-electron chi connectivity index (χ3n) is 4.03. The van der Waals surface area contributed by atoms with Gasteiger partial charge in [0.05, 0.1) is 16.3 Å². The molecular weight excluding hydrogens is 292 g/mol. The predicted octanol–water partition coefficient (Wildman–Crippen LogP) is 3.74. The standard InChI is InChI=1S/C15H19ClN2O3/c1-15(2)7-3-4-12(15)18-14(21)17-11-6-5-9(13(19)20)8-10(11)16/h5-6,8,12H,3-4,7H2,1-2H3,(H,19,20)(H2,17,18,21). The van der Waals surface area contributed by atoms with Crippen LogP contribution in [0.25, 0.3) is 0 Å². The summed E-state index contributed by atoms with van der Waals surface area (Å²) in [7, 11) is 0. The third kappa shape index (κ3) is 3.67. The van der Waals surface area contributed by atoms with E-state index < -0.39 is 5.97 Å². The van der Waals surface area contributed by atoms with Crippen molar-refractivity contribution in [2.45, 2.75) is 39.2 Å². The Morgan fingerprint density at radius 1 is 1.38 bits per heavy atom. The van der Waals surface area contributed by atoms with Crippen molar-refractivity contribution in [3.05, 3.63) is 28.8 Å². The minimum atomic E-state index is -1.05. The Hall–Kier alpha value is -1.75. The highest BCUT2D eigenvalue weighted by atomic mass is 35.5. The van der Waals surface area contributed by atoms with Gasteiger partial charge in [0.1, 0.15) is 0 Å². The van der Waals surface area contributed by atoms with Crippen LogP contribution in [0.4, 0.5) is 10.5 Å². The maximum Gasteiger partial charge on any atom is 0.335 e. The molecule has 0 radical (unpaired) electrons. The van der Waals surface area contributed by atoms with E-state index in [9.17, 15) is 9.59 Å². The van der Waals surface area contributed by atoms with Gasteiger partial charge in [0, 0.05) is 6.04 Å². The molecule has 0 heterocycles. The number of nitrogens with one attached hydrogen (secondary N) is 2. The van der Waals surface area contributed by atoms with Crippen molar-refractivity contribution >= 4 is 29.3 Å². The van der Waals surface area contributed by atoms with E-state index >= 15 is 0 Å². The molecule has 1 aromatic rings. The van der Waals surface area contributed by atoms with E-state index in [1.165, 1.54) is 18.2 Å². The summed E-state index contributed by atoms with van der Waals surface area (Å²) in [5, 5.41) is 14.7. The highest BCUT2D eigenvalue weighted by Crippen LogP contribution is 2.37. The van der Waals surface area contributed by atoms with Crippen LogP contribution in [0.2, 0.25) is 5.02 Å². The third-order valence-corrected chi connectivity index (χ3v) is 4.34. The van der Waals surface area contributed by atoms with Gasteiger partial charge in [-0.15, -0.1) is 0 Å². The Balaban J connectivity index is 2.01. The van der Waals surface area contributed by atoms with Crippen LogP contribution in [0.1, 0.15) is 43.5 Å². The van der Waals surface area contributed by atoms with Crippen LogP contribution in [0.5, 0.6) is 0 Å². The van der Waals surface area contributed by atoms with Gasteiger partial charge in [-0.2, -0.15) is 0 Å². The molecule has 6 heteroatoms. The number of urea groups is 1. The number of anilines is 1. The van der Waals surface area contributed by atoms with Gasteiger partial charge >= 0.3 is 12.0 Å². The average molecular weight is 311 g/mol. The zero-order chi connectivity index (χ0) is 15.6. The molecule has 114 valence electrons. The summed E-state index contributed by atoms with van der Waals surface area (Å²) in [5.74, 6) is -1.05. The second-order valence-electron chi connectivity index (χ2n) is 6.03. The molecule has 0 bridgehead atoms. The minimum absolute atomic E-state index is 0.0860. The Morgan fingerprint density at radius 2 is 2.10 bits per heavy atom. The number of aromatic carboxylic acids is 1. The molecule has 0 spiro atoms. The fourth-order valence-electron chi connectivity index (χ4n) is 2.66. The molecular formula is C15H19ClN2O3. The Labute approximate surface area is 128 Å². The van der Waals surface area contributed by atoms with Gasteiger partial charge in [-0.25, -0.2) is 9.59 Å². The molecule has 21 heavy (non-hydrogen) atoms. The molecule has 3 N–H and O–H groups in total. The molecule has 1 atom stereocenters. The SMILES string of the molecule is CC1(C)CCCC1NC(=O)Nc1ccc(C(=O)O)cc1Cl. The Morgan fingerprint density at radius 3 is 2.62 bits per heavy atom. The summed E-state index contributed by atoms with van der Waals surface area (Å²) in [6, 6.07) is 4.03. The minimum Gasteiger partial charge on any atom is -0.478 e. The normalized spacial score (nSPS) is 20.0. The van der Waals surface area contributed by atoms with E-state index in [1.54, 1.807) is 0 Å². The molecule has 0 aliphatic heterocycles. The first-order chi connectivity index (χ1) is 9.79. The fourth-order valence-corrected chi connectivity index (χ4v) is 2.89. The van der Waals surface area contributed by atoms with Crippen molar-refractivity contribution < 1.29 is 14.7 Å². The van der Waals surface area contributed by atoms with Crippen molar-refractivity contribution in [3.8, 4) is 0 Å². The summed E-state index contributed by atoms with van der Waals surface area (Å²) in [6.45, 7) is 4.28. The molecule has 0 saturated heterocycles. The number of halogens is 1. The van der Waals surface area contributed by atoms with Gasteiger partial charge in [-0.05, 0) is 36.5 Å². The van der Waals surface area contributed by atoms with Crippen LogP contribution in [0, 0.1) is 5.41 Å². The molecule has 1 saturated carbocycles. The van der Waals surface area contributed by atoms with Gasteiger partial charge in [0.2, 0.25) is 0 Å². The summed E-state index contributed by atoms with van der Waals surface area (Å²) < 4.78 is 0. The number of hydrogen-bond donors (Lipinski definition) is 3. The van der Waals surface area contributed by atoms with Crippen molar-refractivity contribution in [1.29, 1.82) is 0 Å². The summed E-state index contributed by atoms with van der Waals surface area (Å²) in [4.78, 5) is 22.9. The maximum atomic E-state index is 12.0. The average Bonchev–Trinajstić information content (AvgIpc) is 2.71. The van der Waals surface area contributed by atoms with Gasteiger partial charge in [-0.3, -0.25) is 0 Å². The molecule has 1 aliphatic rings. The van der Waals surface area contributed by atoms with E-state index in [2.05, 4.69) is 24.5 Å². The van der Waals surface area contributed by atoms with Crippen LogP contribution in [-0.4, -0.2) is 23.1 Å². The zero-order valence-electron chi connectivity index (χ0n) is 12.1. The molecule has 1 unspecified atom stereocenters. The maximum absolute atomic E-state index is 12.0. The molecule has 5 nitrogen and oxygen atoms in total. The van der Waals surface area contributed by atoms with Crippen LogP contribution in [0.15, 0.2) is 18.2 Å². The summed E-state index contributed by atoms with van der Waals surface area (Å²) in [5.41, 5.74) is 0.576. The first-order valence-electron chi connectivity index (χ1n) is 6.90. The predicted molar refractivity (Wildman–Crippen MR) is 82.0 cm³/mol. The van der Waals surface area contributed by atoms with Crippen molar-refractivity contribution in [3.63, 3.8) is 0 Å². The van der Waals surface area contributed by atoms with E-state index in [0.717, 1.165) is 19.3 Å². The van der Waals surface area contributed by atoms with Crippen LogP contribution in [-0.2, 0) is 0 Å². The lowest BCUT2D eigenvalue weighted by Crippen LogP contribution is -2.43. The fraction of sp³-hybridized carbons (Fsp3) is 0.467. The van der Waals surface area contributed by atoms with E-state index in [1.807, 2.05) is 0 Å². The number of carbonyl (C=O) groups excluding carboxylic acids is 1. The number of rotatable bonds is 3. The topological polar surface area (TPSA) is 78.4 Å². The lowest BCUT2D eigenvalue weighted by Gasteiger charge is -2.27. The Kier molecular flexibility index (Phi) is 4.42. The number of carboxylic acid groups (broad SMARTS) is 1. The van der Waals surface area contributed by atoms with Crippen molar-refractivity contribution in [2.24, 2.45) is 5.41 Å². The smallest absolute Gasteiger partial charge is 0.335 e. The van der Waals surface area contributed by atoms with Gasteiger partial charge in [-0.1, -0.05) is 31.9 Å². The first-order valence-corrected chi connectivity index (χ1v) is 7.28. The number of benzene rings is 1. The molecule has 2 rings (SSSR count). The van der Waals surface area contributed by atoms with Crippen LogP contribution >= 0.6 is 11.6 Å². The number of hydrogen-bond acceptors (Lipinski definition) is 2. The van der Waals surface area contributed by atoms with E-state index in [-0.39, 0.29) is 28.1 Å². The quantitative estimate of drug-likeness (QED) is 0.795. The number of carboxylic acids is 1. The van der Waals surface area contributed by atoms with Crippen LogP contribution in [0.3, 0.4) is 0 Å². The van der Waals surface area contributed by atoms with E-state index in [4.69, 9.17) is 16.7 Å². The second kappa shape index (κ2) is 5.93. The molecule has 2 amide bonds. The van der Waals surface area contributed by atoms with Crippen molar-refractivity contribution in [1.82, 2.24) is 5.32 Å². The number of amides is 2. The molecule has 1 aliphatic carbocycles. The zero-order valence-corrected chi connectivity index (χ0v) is 12.8. The first kappa shape index (κ1) is 15.6. The van der Waals surface area contributed by atoms with Gasteiger partial charge in [0.15, 0.2) is 0 Å². The number of carbonyl (C=O) groups is 2. The molecule has 0 aromatic heterocycles. The molecule has 1 fully saturated rings. The molecule has 1 aromatic carbocycles. The lowest BCUT2D eigenvalue weighted by atomic mass is 9.87. The monoisotopic (exact) mass is 310 g/mol. The Bertz CT molecular complexity index is 572. The highest BCUT2D eigenvalue weighted by Gasteiger charge is 2.35. The highest BCUT2D eigenvalue weighted by molar-refractivity contribution is 6.34. The summed E-state index contributed by atoms with van der Waals surface area (Å²) in [6.07, 6.45) is 3.16. The second-order valence-corrected chi connectivity index (χ2v) is 6.44. The van der Waals surface area contributed by atoms with Crippen molar-refractivity contribution in [2.75, 3.05) is 5.32 Å². The van der Waals surface area contributed by atoms with Gasteiger partial charge in [0.25, 0.3) is 0 Å².